The van der Waals surface area contributed by atoms with Gasteiger partial charge in [-0.3, -0.25) is 0 Å². The number of aromatic nitrogens is 3. The lowest BCUT2D eigenvalue weighted by molar-refractivity contribution is 0.206. The van der Waals surface area contributed by atoms with E-state index in [9.17, 15) is 0 Å². The van der Waals surface area contributed by atoms with Crippen molar-refractivity contribution in [3.05, 3.63) is 29.7 Å². The topological polar surface area (TPSA) is 45.5 Å². The second kappa shape index (κ2) is 5.89. The molecule has 5 nitrogen and oxygen atoms in total. The Hall–Kier alpha value is -1.46. The molecule has 1 unspecified atom stereocenters. The van der Waals surface area contributed by atoms with E-state index in [0.29, 0.717) is 0 Å². The second-order valence-corrected chi connectivity index (χ2v) is 5.95. The molecular formula is C15H23N5. The third-order valence-electron chi connectivity index (χ3n) is 3.97. The van der Waals surface area contributed by atoms with E-state index in [4.69, 9.17) is 0 Å². The quantitative estimate of drug-likeness (QED) is 0.916. The van der Waals surface area contributed by atoms with Crippen LogP contribution in [-0.4, -0.2) is 46.2 Å². The van der Waals surface area contributed by atoms with Crippen molar-refractivity contribution < 1.29 is 0 Å². The van der Waals surface area contributed by atoms with Crippen molar-refractivity contribution in [1.29, 1.82) is 0 Å². The first kappa shape index (κ1) is 13.5. The molecule has 1 fully saturated rings. The lowest BCUT2D eigenvalue weighted by atomic mass is 9.98. The van der Waals surface area contributed by atoms with Crippen LogP contribution in [0.15, 0.2) is 18.5 Å². The van der Waals surface area contributed by atoms with Crippen LogP contribution in [0.2, 0.25) is 0 Å². The molecule has 1 atom stereocenters. The van der Waals surface area contributed by atoms with Gasteiger partial charge >= 0.3 is 0 Å². The van der Waals surface area contributed by atoms with Crippen LogP contribution in [0.1, 0.15) is 24.1 Å². The van der Waals surface area contributed by atoms with E-state index in [-0.39, 0.29) is 0 Å². The normalized spacial score (nSPS) is 20.6. The molecule has 0 radical (unpaired) electrons. The highest BCUT2D eigenvalue weighted by atomic mass is 15.2. The van der Waals surface area contributed by atoms with Crippen molar-refractivity contribution in [2.24, 2.45) is 5.92 Å². The van der Waals surface area contributed by atoms with Crippen LogP contribution >= 0.6 is 0 Å². The fourth-order valence-electron chi connectivity index (χ4n) is 2.99. The van der Waals surface area contributed by atoms with Gasteiger partial charge in [0.05, 0.1) is 5.69 Å². The summed E-state index contributed by atoms with van der Waals surface area (Å²) in [7, 11) is 2.21. The molecule has 1 N–H and O–H groups in total. The van der Waals surface area contributed by atoms with Gasteiger partial charge in [0.2, 0.25) is 0 Å². The minimum atomic E-state index is 0.775. The van der Waals surface area contributed by atoms with Crippen LogP contribution in [0.5, 0.6) is 0 Å². The number of piperidine rings is 1. The number of nitrogens with one attached hydrogen (secondary N) is 1. The van der Waals surface area contributed by atoms with Crippen LogP contribution in [0.4, 0.5) is 0 Å². The predicted molar refractivity (Wildman–Crippen MR) is 79.7 cm³/mol. The average Bonchev–Trinajstić information content (AvgIpc) is 2.78. The van der Waals surface area contributed by atoms with Gasteiger partial charge < -0.3 is 10.2 Å². The summed E-state index contributed by atoms with van der Waals surface area (Å²) in [5.41, 5.74) is 3.11. The summed E-state index contributed by atoms with van der Waals surface area (Å²) >= 11 is 0. The molecule has 1 saturated heterocycles. The zero-order valence-electron chi connectivity index (χ0n) is 12.3. The predicted octanol–water partition coefficient (Wildman–Crippen LogP) is 1.47. The van der Waals surface area contributed by atoms with Crippen LogP contribution in [0.25, 0.3) is 5.65 Å². The van der Waals surface area contributed by atoms with E-state index in [1.165, 1.54) is 31.5 Å². The third-order valence-corrected chi connectivity index (χ3v) is 3.97. The molecular weight excluding hydrogens is 250 g/mol. The second-order valence-electron chi connectivity index (χ2n) is 5.95. The van der Waals surface area contributed by atoms with E-state index in [1.807, 2.05) is 23.7 Å². The molecule has 0 saturated carbocycles. The molecule has 108 valence electrons. The average molecular weight is 273 g/mol. The van der Waals surface area contributed by atoms with Crippen molar-refractivity contribution in [3.63, 3.8) is 0 Å². The van der Waals surface area contributed by atoms with Crippen LogP contribution in [-0.2, 0) is 6.54 Å². The number of fused-ring (bicyclic) bond motifs is 1. The fourth-order valence-corrected chi connectivity index (χ4v) is 2.99. The summed E-state index contributed by atoms with van der Waals surface area (Å²) in [5.74, 6) is 0.775. The maximum absolute atomic E-state index is 4.43. The number of likely N-dealkylation sites (tertiary alicyclic amines) is 1. The summed E-state index contributed by atoms with van der Waals surface area (Å²) in [6, 6.07) is 2.00. The Bertz CT molecular complexity index is 577. The van der Waals surface area contributed by atoms with E-state index < -0.39 is 0 Å². The van der Waals surface area contributed by atoms with E-state index in [0.717, 1.165) is 30.3 Å². The van der Waals surface area contributed by atoms with Gasteiger partial charge in [-0.2, -0.15) is 5.10 Å². The smallest absolute Gasteiger partial charge is 0.155 e. The van der Waals surface area contributed by atoms with Gasteiger partial charge in [0.15, 0.2) is 5.65 Å². The van der Waals surface area contributed by atoms with Gasteiger partial charge in [-0.15, -0.1) is 0 Å². The van der Waals surface area contributed by atoms with Crippen molar-refractivity contribution >= 4 is 5.65 Å². The highest BCUT2D eigenvalue weighted by molar-refractivity contribution is 5.38. The molecule has 2 aromatic rings. The molecule has 5 heteroatoms. The first-order chi connectivity index (χ1) is 9.70. The molecule has 3 rings (SSSR count). The lowest BCUT2D eigenvalue weighted by Gasteiger charge is -2.29. The fraction of sp³-hybridized carbons (Fsp3) is 0.600. The summed E-state index contributed by atoms with van der Waals surface area (Å²) in [4.78, 5) is 6.86. The highest BCUT2D eigenvalue weighted by Crippen LogP contribution is 2.14. The number of nitrogens with zero attached hydrogens (tertiary/aromatic N) is 4. The highest BCUT2D eigenvalue weighted by Gasteiger charge is 2.16. The molecule has 0 aliphatic carbocycles. The van der Waals surface area contributed by atoms with Gasteiger partial charge in [0, 0.05) is 37.1 Å². The van der Waals surface area contributed by atoms with Crippen LogP contribution < -0.4 is 5.32 Å². The molecule has 0 bridgehead atoms. The number of hydrogen-bond donors (Lipinski definition) is 1. The number of aryl methyl sites for hydroxylation is 1. The maximum Gasteiger partial charge on any atom is 0.155 e. The standard InChI is InChI=1S/C15H23N5/c1-12-6-15-17-9-14(11-20(15)18-12)8-16-7-13-4-3-5-19(2)10-13/h6,9,11,13,16H,3-5,7-8,10H2,1-2H3. The van der Waals surface area contributed by atoms with Crippen molar-refractivity contribution in [3.8, 4) is 0 Å². The summed E-state index contributed by atoms with van der Waals surface area (Å²) in [5, 5.41) is 7.96. The Kier molecular flexibility index (Phi) is 3.98. The Labute approximate surface area is 120 Å². The Balaban J connectivity index is 1.54. The van der Waals surface area contributed by atoms with Gasteiger partial charge in [-0.25, -0.2) is 9.50 Å². The molecule has 3 heterocycles. The largest absolute Gasteiger partial charge is 0.312 e. The van der Waals surface area contributed by atoms with Crippen LogP contribution in [0, 0.1) is 12.8 Å². The first-order valence-electron chi connectivity index (χ1n) is 7.41. The van der Waals surface area contributed by atoms with Crippen molar-refractivity contribution in [2.75, 3.05) is 26.7 Å². The first-order valence-corrected chi connectivity index (χ1v) is 7.41. The summed E-state index contributed by atoms with van der Waals surface area (Å²) in [6.07, 6.45) is 6.67. The Morgan fingerprint density at radius 1 is 1.45 bits per heavy atom. The van der Waals surface area contributed by atoms with Gasteiger partial charge in [0.1, 0.15) is 0 Å². The molecule has 0 aromatic carbocycles. The maximum atomic E-state index is 4.43. The Morgan fingerprint density at radius 3 is 3.20 bits per heavy atom. The van der Waals surface area contributed by atoms with Gasteiger partial charge in [-0.05, 0) is 45.8 Å². The van der Waals surface area contributed by atoms with E-state index >= 15 is 0 Å². The van der Waals surface area contributed by atoms with E-state index in [1.54, 1.807) is 0 Å². The summed E-state index contributed by atoms with van der Waals surface area (Å²) < 4.78 is 1.86. The minimum absolute atomic E-state index is 0.775. The SMILES string of the molecule is Cc1cc2ncc(CNCC3CCCN(C)C3)cn2n1. The molecule has 0 spiro atoms. The molecule has 2 aromatic heterocycles. The van der Waals surface area contributed by atoms with E-state index in [2.05, 4.69) is 33.5 Å². The third kappa shape index (κ3) is 3.16. The molecule has 1 aliphatic heterocycles. The molecule has 0 amide bonds. The zero-order chi connectivity index (χ0) is 13.9. The lowest BCUT2D eigenvalue weighted by Crippen LogP contribution is -2.37. The summed E-state index contributed by atoms with van der Waals surface area (Å²) in [6.45, 7) is 6.40. The zero-order valence-corrected chi connectivity index (χ0v) is 12.3. The number of rotatable bonds is 4. The Morgan fingerprint density at radius 2 is 2.35 bits per heavy atom. The van der Waals surface area contributed by atoms with Gasteiger partial charge in [0.25, 0.3) is 0 Å². The number of hydrogen-bond acceptors (Lipinski definition) is 4. The van der Waals surface area contributed by atoms with Crippen molar-refractivity contribution in [1.82, 2.24) is 24.8 Å². The monoisotopic (exact) mass is 273 g/mol. The molecule has 1 aliphatic rings. The van der Waals surface area contributed by atoms with Gasteiger partial charge in [-0.1, -0.05) is 0 Å². The molecule has 20 heavy (non-hydrogen) atoms. The van der Waals surface area contributed by atoms with Crippen LogP contribution in [0.3, 0.4) is 0 Å². The van der Waals surface area contributed by atoms with Crippen molar-refractivity contribution in [2.45, 2.75) is 26.3 Å². The minimum Gasteiger partial charge on any atom is -0.312 e.